The summed E-state index contributed by atoms with van der Waals surface area (Å²) < 4.78 is 24.3. The molecule has 2 aromatic heterocycles. The largest absolute Gasteiger partial charge is 0.493 e. The standard InChI is InChI=1S/C28H21FN2O3S/c1-33-22-13-10-18(14-23(22)34-2)26(32)27-25(30)24-20(16-8-11-19(29)12-9-16)15-21(31-28(24)35-27)17-6-4-3-5-7-17/h3-15H,30H2,1-2H3. The molecular weight excluding hydrogens is 463 g/mol. The summed E-state index contributed by atoms with van der Waals surface area (Å²) in [5.41, 5.74) is 10.6. The molecule has 0 aliphatic carbocycles. The van der Waals surface area contributed by atoms with Crippen molar-refractivity contribution >= 4 is 33.0 Å². The minimum absolute atomic E-state index is 0.238. The van der Waals surface area contributed by atoms with E-state index in [0.717, 1.165) is 22.4 Å². The number of thiophene rings is 1. The van der Waals surface area contributed by atoms with Gasteiger partial charge in [0.2, 0.25) is 5.78 Å². The van der Waals surface area contributed by atoms with Crippen LogP contribution in [0.1, 0.15) is 15.2 Å². The van der Waals surface area contributed by atoms with Gasteiger partial charge in [-0.15, -0.1) is 11.3 Å². The molecule has 0 fully saturated rings. The maximum absolute atomic E-state index is 13.7. The number of carbonyl (C=O) groups is 1. The number of ketones is 1. The summed E-state index contributed by atoms with van der Waals surface area (Å²) in [5, 5.41) is 0.671. The molecule has 174 valence electrons. The van der Waals surface area contributed by atoms with Gasteiger partial charge in [-0.05, 0) is 47.5 Å². The van der Waals surface area contributed by atoms with Crippen LogP contribution >= 0.6 is 11.3 Å². The highest BCUT2D eigenvalue weighted by atomic mass is 32.1. The maximum atomic E-state index is 13.7. The van der Waals surface area contributed by atoms with Crippen molar-refractivity contribution in [2.45, 2.75) is 0 Å². The average Bonchev–Trinajstić information content (AvgIpc) is 3.24. The quantitative estimate of drug-likeness (QED) is 0.275. The molecule has 0 aliphatic heterocycles. The van der Waals surface area contributed by atoms with Gasteiger partial charge >= 0.3 is 0 Å². The minimum Gasteiger partial charge on any atom is -0.493 e. The fourth-order valence-corrected chi connectivity index (χ4v) is 5.09. The second kappa shape index (κ2) is 9.19. The normalized spacial score (nSPS) is 10.9. The summed E-state index contributed by atoms with van der Waals surface area (Å²) in [6.45, 7) is 0. The van der Waals surface area contributed by atoms with Crippen LogP contribution < -0.4 is 15.2 Å². The van der Waals surface area contributed by atoms with Crippen molar-refractivity contribution in [1.29, 1.82) is 0 Å². The zero-order chi connectivity index (χ0) is 24.5. The van der Waals surface area contributed by atoms with Crippen molar-refractivity contribution in [3.63, 3.8) is 0 Å². The number of ether oxygens (including phenoxy) is 2. The Kier molecular flexibility index (Phi) is 5.93. The van der Waals surface area contributed by atoms with Crippen LogP contribution in [0, 0.1) is 5.82 Å². The van der Waals surface area contributed by atoms with E-state index < -0.39 is 0 Å². The zero-order valence-corrected chi connectivity index (χ0v) is 19.9. The molecule has 2 N–H and O–H groups in total. The van der Waals surface area contributed by atoms with Crippen LogP contribution in [-0.4, -0.2) is 25.0 Å². The maximum Gasteiger partial charge on any atom is 0.205 e. The first kappa shape index (κ1) is 22.6. The van der Waals surface area contributed by atoms with E-state index in [-0.39, 0.29) is 11.6 Å². The summed E-state index contributed by atoms with van der Waals surface area (Å²) in [6, 6.07) is 22.9. The van der Waals surface area contributed by atoms with E-state index in [4.69, 9.17) is 20.2 Å². The van der Waals surface area contributed by atoms with Crippen LogP contribution in [0.4, 0.5) is 10.1 Å². The average molecular weight is 485 g/mol. The van der Waals surface area contributed by atoms with Crippen molar-refractivity contribution in [2.24, 2.45) is 0 Å². The van der Waals surface area contributed by atoms with Crippen LogP contribution in [0.2, 0.25) is 0 Å². The molecule has 5 rings (SSSR count). The number of nitrogens with zero attached hydrogens (tertiary/aromatic N) is 1. The smallest absolute Gasteiger partial charge is 0.205 e. The molecule has 0 unspecified atom stereocenters. The molecule has 35 heavy (non-hydrogen) atoms. The fourth-order valence-electron chi connectivity index (χ4n) is 4.01. The third-order valence-corrected chi connectivity index (χ3v) is 6.87. The Morgan fingerprint density at radius 3 is 2.29 bits per heavy atom. The van der Waals surface area contributed by atoms with Crippen LogP contribution in [-0.2, 0) is 0 Å². The Balaban J connectivity index is 1.71. The first-order valence-electron chi connectivity index (χ1n) is 10.8. The molecule has 0 amide bonds. The van der Waals surface area contributed by atoms with Crippen molar-refractivity contribution in [3.05, 3.63) is 95.1 Å². The van der Waals surface area contributed by atoms with Gasteiger partial charge < -0.3 is 15.2 Å². The third-order valence-electron chi connectivity index (χ3n) is 5.78. The second-order valence-electron chi connectivity index (χ2n) is 7.85. The topological polar surface area (TPSA) is 74.4 Å². The van der Waals surface area contributed by atoms with Gasteiger partial charge in [-0.2, -0.15) is 0 Å². The predicted molar refractivity (Wildman–Crippen MR) is 138 cm³/mol. The number of aromatic nitrogens is 1. The van der Waals surface area contributed by atoms with Gasteiger partial charge in [-0.1, -0.05) is 42.5 Å². The van der Waals surface area contributed by atoms with Crippen molar-refractivity contribution in [3.8, 4) is 33.9 Å². The number of methoxy groups -OCH3 is 2. The highest BCUT2D eigenvalue weighted by Crippen LogP contribution is 2.42. The van der Waals surface area contributed by atoms with Crippen molar-refractivity contribution in [1.82, 2.24) is 4.98 Å². The zero-order valence-electron chi connectivity index (χ0n) is 19.0. The minimum atomic E-state index is -0.329. The first-order chi connectivity index (χ1) is 17.0. The lowest BCUT2D eigenvalue weighted by molar-refractivity contribution is 0.104. The molecule has 3 aromatic carbocycles. The van der Waals surface area contributed by atoms with E-state index in [2.05, 4.69) is 0 Å². The molecule has 0 aliphatic rings. The molecule has 0 radical (unpaired) electrons. The highest BCUT2D eigenvalue weighted by Gasteiger charge is 2.23. The fraction of sp³-hybridized carbons (Fsp3) is 0.0714. The number of pyridine rings is 1. The summed E-state index contributed by atoms with van der Waals surface area (Å²) in [5.74, 6) is 0.415. The molecule has 0 spiro atoms. The van der Waals surface area contributed by atoms with E-state index in [0.29, 0.717) is 37.8 Å². The van der Waals surface area contributed by atoms with Gasteiger partial charge in [-0.25, -0.2) is 9.37 Å². The Morgan fingerprint density at radius 2 is 1.60 bits per heavy atom. The van der Waals surface area contributed by atoms with Crippen molar-refractivity contribution in [2.75, 3.05) is 20.0 Å². The van der Waals surface area contributed by atoms with E-state index in [9.17, 15) is 9.18 Å². The van der Waals surface area contributed by atoms with E-state index in [1.807, 2.05) is 36.4 Å². The number of carbonyl (C=O) groups excluding carboxylic acids is 1. The monoisotopic (exact) mass is 484 g/mol. The lowest BCUT2D eigenvalue weighted by atomic mass is 9.98. The highest BCUT2D eigenvalue weighted by molar-refractivity contribution is 7.21. The van der Waals surface area contributed by atoms with Crippen molar-refractivity contribution < 1.29 is 18.7 Å². The molecule has 5 aromatic rings. The number of halogens is 1. The van der Waals surface area contributed by atoms with Crippen LogP contribution in [0.25, 0.3) is 32.6 Å². The van der Waals surface area contributed by atoms with Gasteiger partial charge in [0, 0.05) is 16.5 Å². The number of hydrogen-bond donors (Lipinski definition) is 1. The SMILES string of the molecule is COc1ccc(C(=O)c2sc3nc(-c4ccccc4)cc(-c4ccc(F)cc4)c3c2N)cc1OC. The van der Waals surface area contributed by atoms with Gasteiger partial charge in [0.15, 0.2) is 11.5 Å². The first-order valence-corrected chi connectivity index (χ1v) is 11.6. The molecule has 7 heteroatoms. The lowest BCUT2D eigenvalue weighted by Gasteiger charge is -2.09. The number of benzene rings is 3. The van der Waals surface area contributed by atoms with E-state index >= 15 is 0 Å². The predicted octanol–water partition coefficient (Wildman–Crippen LogP) is 6.60. The molecule has 0 saturated heterocycles. The summed E-state index contributed by atoms with van der Waals surface area (Å²) in [4.78, 5) is 19.4. The molecular formula is C28H21FN2O3S. The molecule has 2 heterocycles. The number of rotatable bonds is 6. The van der Waals surface area contributed by atoms with Crippen LogP contribution in [0.3, 0.4) is 0 Å². The van der Waals surface area contributed by atoms with Crippen LogP contribution in [0.15, 0.2) is 78.9 Å². The van der Waals surface area contributed by atoms with Gasteiger partial charge in [0.25, 0.3) is 0 Å². The Labute approximate surface area is 205 Å². The Morgan fingerprint density at radius 1 is 0.886 bits per heavy atom. The number of nitrogens with two attached hydrogens (primary N) is 1. The van der Waals surface area contributed by atoms with Gasteiger partial charge in [-0.3, -0.25) is 4.79 Å². The second-order valence-corrected chi connectivity index (χ2v) is 8.85. The Hall–Kier alpha value is -4.23. The molecule has 0 atom stereocenters. The number of hydrogen-bond acceptors (Lipinski definition) is 6. The number of anilines is 1. The number of fused-ring (bicyclic) bond motifs is 1. The van der Waals surface area contributed by atoms with Gasteiger partial charge in [0.05, 0.1) is 25.6 Å². The molecule has 0 saturated carbocycles. The van der Waals surface area contributed by atoms with E-state index in [1.165, 1.54) is 37.7 Å². The molecule has 0 bridgehead atoms. The summed E-state index contributed by atoms with van der Waals surface area (Å²) in [6.07, 6.45) is 0. The summed E-state index contributed by atoms with van der Waals surface area (Å²) in [7, 11) is 3.06. The number of nitrogen functional groups attached to an aromatic ring is 1. The lowest BCUT2D eigenvalue weighted by Crippen LogP contribution is -2.03. The van der Waals surface area contributed by atoms with Gasteiger partial charge in [0.1, 0.15) is 15.5 Å². The molecule has 5 nitrogen and oxygen atoms in total. The third kappa shape index (κ3) is 4.11. The Bertz CT molecular complexity index is 1550. The summed E-state index contributed by atoms with van der Waals surface area (Å²) >= 11 is 1.24. The van der Waals surface area contributed by atoms with E-state index in [1.54, 1.807) is 30.3 Å². The van der Waals surface area contributed by atoms with Crippen LogP contribution in [0.5, 0.6) is 11.5 Å².